The van der Waals surface area contributed by atoms with Crippen molar-refractivity contribution in [2.45, 2.75) is 44.9 Å². The maximum atomic E-state index is 13.6. The molecule has 1 fully saturated rings. The van der Waals surface area contributed by atoms with E-state index in [0.29, 0.717) is 24.5 Å². The number of fused-ring (bicyclic) bond motifs is 1. The van der Waals surface area contributed by atoms with Crippen LogP contribution in [0.3, 0.4) is 0 Å². The first kappa shape index (κ1) is 22.1. The second-order valence-electron chi connectivity index (χ2n) is 8.70. The minimum absolute atomic E-state index is 0.0102. The molecule has 1 saturated carbocycles. The molecule has 1 amide bonds. The van der Waals surface area contributed by atoms with Crippen molar-refractivity contribution in [3.05, 3.63) is 83.4 Å². The lowest BCUT2D eigenvalue weighted by Gasteiger charge is -2.30. The number of methoxy groups -OCH3 is 1. The van der Waals surface area contributed by atoms with Crippen LogP contribution < -0.4 is 18.9 Å². The van der Waals surface area contributed by atoms with Crippen molar-refractivity contribution in [3.8, 4) is 23.0 Å². The van der Waals surface area contributed by atoms with E-state index >= 15 is 0 Å². The molecule has 0 atom stereocenters. The molecule has 0 radical (unpaired) electrons. The zero-order valence-electron chi connectivity index (χ0n) is 19.4. The van der Waals surface area contributed by atoms with Crippen molar-refractivity contribution in [2.75, 3.05) is 13.9 Å². The van der Waals surface area contributed by atoms with E-state index in [9.17, 15) is 4.79 Å². The van der Waals surface area contributed by atoms with Gasteiger partial charge in [0.1, 0.15) is 18.1 Å². The molecule has 0 N–H and O–H groups in total. The van der Waals surface area contributed by atoms with Crippen molar-refractivity contribution < 1.29 is 23.7 Å². The fourth-order valence-corrected chi connectivity index (χ4v) is 4.69. The van der Waals surface area contributed by atoms with Gasteiger partial charge in [-0.05, 0) is 60.4 Å². The number of benzene rings is 3. The van der Waals surface area contributed by atoms with Crippen LogP contribution in [-0.2, 0) is 13.2 Å². The van der Waals surface area contributed by atoms with E-state index in [0.717, 1.165) is 54.1 Å². The molecule has 1 heterocycles. The lowest BCUT2D eigenvalue weighted by atomic mass is 10.1. The number of carbonyl (C=O) groups is 1. The Bertz CT molecular complexity index is 1160. The fourth-order valence-electron chi connectivity index (χ4n) is 4.69. The molecular weight excluding hydrogens is 430 g/mol. The first-order valence-electron chi connectivity index (χ1n) is 11.8. The van der Waals surface area contributed by atoms with Gasteiger partial charge in [-0.15, -0.1) is 0 Å². The average Bonchev–Trinajstić information content (AvgIpc) is 3.58. The van der Waals surface area contributed by atoms with Gasteiger partial charge in [0.2, 0.25) is 6.79 Å². The summed E-state index contributed by atoms with van der Waals surface area (Å²) in [6.07, 6.45) is 4.36. The van der Waals surface area contributed by atoms with Crippen molar-refractivity contribution >= 4 is 5.91 Å². The van der Waals surface area contributed by atoms with Crippen LogP contribution >= 0.6 is 0 Å². The molecule has 0 unspecified atom stereocenters. The molecule has 1 aliphatic heterocycles. The predicted octanol–water partition coefficient (Wildman–Crippen LogP) is 5.59. The lowest BCUT2D eigenvalue weighted by Crippen LogP contribution is -2.38. The highest BCUT2D eigenvalue weighted by Crippen LogP contribution is 2.33. The Balaban J connectivity index is 1.31. The van der Waals surface area contributed by atoms with Gasteiger partial charge in [0, 0.05) is 12.6 Å². The van der Waals surface area contributed by atoms with E-state index in [2.05, 4.69) is 0 Å². The second-order valence-corrected chi connectivity index (χ2v) is 8.70. The van der Waals surface area contributed by atoms with Gasteiger partial charge in [0.05, 0.1) is 12.7 Å². The maximum absolute atomic E-state index is 13.6. The van der Waals surface area contributed by atoms with Crippen molar-refractivity contribution in [3.63, 3.8) is 0 Å². The van der Waals surface area contributed by atoms with Crippen LogP contribution in [0.1, 0.15) is 47.2 Å². The van der Waals surface area contributed by atoms with Gasteiger partial charge in [-0.3, -0.25) is 4.79 Å². The normalized spacial score (nSPS) is 14.7. The largest absolute Gasteiger partial charge is 0.496 e. The van der Waals surface area contributed by atoms with E-state index in [-0.39, 0.29) is 18.7 Å². The number of hydrogen-bond acceptors (Lipinski definition) is 5. The summed E-state index contributed by atoms with van der Waals surface area (Å²) >= 11 is 0. The zero-order chi connectivity index (χ0) is 23.3. The number of hydrogen-bond donors (Lipinski definition) is 0. The third-order valence-corrected chi connectivity index (χ3v) is 6.46. The minimum atomic E-state index is 0.0102. The molecule has 6 nitrogen and oxygen atoms in total. The molecule has 0 bridgehead atoms. The standard InChI is InChI=1S/C28H29NO5/c1-31-25-12-5-4-11-24(25)28(30)29(22-8-2-3-9-22)17-20-7-6-10-23(15-20)32-18-21-13-14-26-27(16-21)34-19-33-26/h4-7,10-16,22H,2-3,8-9,17-19H2,1H3. The van der Waals surface area contributed by atoms with E-state index in [4.69, 9.17) is 18.9 Å². The van der Waals surface area contributed by atoms with Gasteiger partial charge in [0.15, 0.2) is 11.5 Å². The highest BCUT2D eigenvalue weighted by atomic mass is 16.7. The third-order valence-electron chi connectivity index (χ3n) is 6.46. The van der Waals surface area contributed by atoms with E-state index in [1.807, 2.05) is 71.6 Å². The smallest absolute Gasteiger partial charge is 0.258 e. The number of rotatable bonds is 8. The molecular formula is C28H29NO5. The highest BCUT2D eigenvalue weighted by molar-refractivity contribution is 5.97. The highest BCUT2D eigenvalue weighted by Gasteiger charge is 2.29. The van der Waals surface area contributed by atoms with Gasteiger partial charge in [0.25, 0.3) is 5.91 Å². The first-order valence-corrected chi connectivity index (χ1v) is 11.8. The van der Waals surface area contributed by atoms with Crippen LogP contribution in [0.5, 0.6) is 23.0 Å². The molecule has 2 aliphatic rings. The van der Waals surface area contributed by atoms with Crippen LogP contribution in [-0.4, -0.2) is 30.8 Å². The summed E-state index contributed by atoms with van der Waals surface area (Å²) in [7, 11) is 1.60. The van der Waals surface area contributed by atoms with Crippen LogP contribution in [0.25, 0.3) is 0 Å². The topological polar surface area (TPSA) is 57.2 Å². The first-order chi connectivity index (χ1) is 16.7. The Morgan fingerprint density at radius 3 is 2.62 bits per heavy atom. The van der Waals surface area contributed by atoms with Crippen molar-refractivity contribution in [1.29, 1.82) is 0 Å². The van der Waals surface area contributed by atoms with Gasteiger partial charge >= 0.3 is 0 Å². The predicted molar refractivity (Wildman–Crippen MR) is 128 cm³/mol. The van der Waals surface area contributed by atoms with Crippen molar-refractivity contribution in [1.82, 2.24) is 4.90 Å². The molecule has 0 aromatic heterocycles. The maximum Gasteiger partial charge on any atom is 0.258 e. The number of nitrogens with zero attached hydrogens (tertiary/aromatic N) is 1. The van der Waals surface area contributed by atoms with Crippen LogP contribution in [0.2, 0.25) is 0 Å². The summed E-state index contributed by atoms with van der Waals surface area (Å²) in [4.78, 5) is 15.6. The Labute approximate surface area is 200 Å². The van der Waals surface area contributed by atoms with Gasteiger partial charge in [-0.2, -0.15) is 0 Å². The molecule has 3 aromatic carbocycles. The summed E-state index contributed by atoms with van der Waals surface area (Å²) in [6, 6.07) is 21.5. The molecule has 5 rings (SSSR count). The van der Waals surface area contributed by atoms with Crippen molar-refractivity contribution in [2.24, 2.45) is 0 Å². The number of para-hydroxylation sites is 1. The van der Waals surface area contributed by atoms with E-state index in [1.54, 1.807) is 7.11 Å². The Morgan fingerprint density at radius 2 is 1.76 bits per heavy atom. The molecule has 0 spiro atoms. The summed E-state index contributed by atoms with van der Waals surface area (Å²) in [5.74, 6) is 2.90. The molecule has 0 saturated heterocycles. The van der Waals surface area contributed by atoms with Crippen LogP contribution in [0.15, 0.2) is 66.7 Å². The molecule has 6 heteroatoms. The van der Waals surface area contributed by atoms with E-state index < -0.39 is 0 Å². The van der Waals surface area contributed by atoms with Crippen LogP contribution in [0, 0.1) is 0 Å². The summed E-state index contributed by atoms with van der Waals surface area (Å²) in [6.45, 7) is 1.21. The number of ether oxygens (including phenoxy) is 4. The zero-order valence-corrected chi connectivity index (χ0v) is 19.4. The Kier molecular flexibility index (Phi) is 6.56. The summed E-state index contributed by atoms with van der Waals surface area (Å²) in [5, 5.41) is 0. The Hall–Kier alpha value is -3.67. The summed E-state index contributed by atoms with van der Waals surface area (Å²) < 4.78 is 22.4. The van der Waals surface area contributed by atoms with Gasteiger partial charge in [-0.25, -0.2) is 0 Å². The monoisotopic (exact) mass is 459 g/mol. The molecule has 1 aliphatic carbocycles. The molecule has 34 heavy (non-hydrogen) atoms. The lowest BCUT2D eigenvalue weighted by molar-refractivity contribution is 0.0661. The number of carbonyl (C=O) groups excluding carboxylic acids is 1. The van der Waals surface area contributed by atoms with Gasteiger partial charge in [-0.1, -0.05) is 43.2 Å². The third kappa shape index (κ3) is 4.81. The fraction of sp³-hybridized carbons (Fsp3) is 0.321. The SMILES string of the molecule is COc1ccccc1C(=O)N(Cc1cccc(OCc2ccc3c(c2)OCO3)c1)C1CCCC1. The minimum Gasteiger partial charge on any atom is -0.496 e. The Morgan fingerprint density at radius 1 is 0.941 bits per heavy atom. The van der Waals surface area contributed by atoms with E-state index in [1.165, 1.54) is 0 Å². The molecule has 176 valence electrons. The molecule has 3 aromatic rings. The van der Waals surface area contributed by atoms with Crippen LogP contribution in [0.4, 0.5) is 0 Å². The average molecular weight is 460 g/mol. The number of amides is 1. The second kappa shape index (κ2) is 10.1. The quantitative estimate of drug-likeness (QED) is 0.440. The summed E-state index contributed by atoms with van der Waals surface area (Å²) in [5.41, 5.74) is 2.65. The van der Waals surface area contributed by atoms with Gasteiger partial charge < -0.3 is 23.8 Å².